The molecule has 0 saturated heterocycles. The highest BCUT2D eigenvalue weighted by atomic mass is 16.5. The molecule has 0 N–H and O–H groups in total. The van der Waals surface area contributed by atoms with Crippen molar-refractivity contribution in [2.24, 2.45) is 0 Å². The monoisotopic (exact) mass is 176 g/mol. The molecule has 0 saturated carbocycles. The Balaban J connectivity index is 2.22. The van der Waals surface area contributed by atoms with Gasteiger partial charge < -0.3 is 9.47 Å². The van der Waals surface area contributed by atoms with Gasteiger partial charge in [0.15, 0.2) is 0 Å². The quantitative estimate of drug-likeness (QED) is 0.687. The van der Waals surface area contributed by atoms with Crippen molar-refractivity contribution in [3.8, 4) is 5.75 Å². The number of ether oxygens (including phenoxy) is 2. The first-order valence-electron chi connectivity index (χ1n) is 4.31. The summed E-state index contributed by atoms with van der Waals surface area (Å²) < 4.78 is 10.3. The predicted octanol–water partition coefficient (Wildman–Crippen LogP) is 2.11. The minimum absolute atomic E-state index is 0.729. The Morgan fingerprint density at radius 2 is 2.00 bits per heavy atom. The van der Waals surface area contributed by atoms with Crippen LogP contribution < -0.4 is 4.74 Å². The fourth-order valence-electron chi connectivity index (χ4n) is 1.39. The molecule has 0 bridgehead atoms. The number of methoxy groups -OCH3 is 1. The van der Waals surface area contributed by atoms with Crippen LogP contribution in [0.4, 0.5) is 0 Å². The molecule has 1 aliphatic heterocycles. The highest BCUT2D eigenvalue weighted by molar-refractivity contribution is 5.68. The lowest BCUT2D eigenvalue weighted by molar-refractivity contribution is 0.216. The summed E-state index contributed by atoms with van der Waals surface area (Å²) in [6.07, 6.45) is 2.11. The highest BCUT2D eigenvalue weighted by Gasteiger charge is 2.06. The summed E-state index contributed by atoms with van der Waals surface area (Å²) in [5.41, 5.74) is 2.49. The minimum Gasteiger partial charge on any atom is -0.497 e. The molecule has 0 fully saturated rings. The van der Waals surface area contributed by atoms with E-state index in [0.717, 1.165) is 19.0 Å². The molecule has 2 rings (SSSR count). The van der Waals surface area contributed by atoms with Crippen molar-refractivity contribution < 1.29 is 9.47 Å². The van der Waals surface area contributed by atoms with E-state index in [2.05, 4.69) is 18.2 Å². The lowest BCUT2D eigenvalue weighted by atomic mass is 10.1. The Morgan fingerprint density at radius 1 is 1.23 bits per heavy atom. The molecule has 13 heavy (non-hydrogen) atoms. The van der Waals surface area contributed by atoms with Gasteiger partial charge in [0.2, 0.25) is 0 Å². The molecule has 1 aromatic carbocycles. The van der Waals surface area contributed by atoms with Gasteiger partial charge in [0.1, 0.15) is 5.75 Å². The zero-order chi connectivity index (χ0) is 9.10. The average molecular weight is 176 g/mol. The van der Waals surface area contributed by atoms with Gasteiger partial charge in [0.25, 0.3) is 0 Å². The molecule has 0 aliphatic carbocycles. The summed E-state index contributed by atoms with van der Waals surface area (Å²) in [4.78, 5) is 0. The first kappa shape index (κ1) is 8.32. The van der Waals surface area contributed by atoms with Crippen molar-refractivity contribution in [1.82, 2.24) is 0 Å². The molecular weight excluding hydrogens is 164 g/mol. The summed E-state index contributed by atoms with van der Waals surface area (Å²) in [6, 6.07) is 8.04. The second-order valence-electron chi connectivity index (χ2n) is 2.97. The molecule has 0 aromatic heterocycles. The molecule has 1 aliphatic rings. The molecule has 2 heteroatoms. The van der Waals surface area contributed by atoms with E-state index in [4.69, 9.17) is 9.47 Å². The molecule has 68 valence electrons. The molecule has 0 atom stereocenters. The van der Waals surface area contributed by atoms with Crippen LogP contribution in [0.5, 0.6) is 5.75 Å². The molecule has 1 aromatic rings. The van der Waals surface area contributed by atoms with E-state index >= 15 is 0 Å². The van der Waals surface area contributed by atoms with Gasteiger partial charge in [-0.2, -0.15) is 0 Å². The average Bonchev–Trinajstić information content (AvgIpc) is 2.71. The van der Waals surface area contributed by atoms with Crippen LogP contribution >= 0.6 is 0 Å². The number of hydrogen-bond donors (Lipinski definition) is 0. The van der Waals surface area contributed by atoms with Gasteiger partial charge in [0, 0.05) is 0 Å². The van der Waals surface area contributed by atoms with Gasteiger partial charge in [-0.25, -0.2) is 0 Å². The van der Waals surface area contributed by atoms with Crippen molar-refractivity contribution in [3.05, 3.63) is 35.9 Å². The van der Waals surface area contributed by atoms with Crippen LogP contribution in [0.25, 0.3) is 5.57 Å². The standard InChI is InChI=1S/C11H12O2/c1-12-11-4-2-9(3-5-11)10-6-7-13-8-10/h2-6H,7-8H2,1H3. The normalized spacial score (nSPS) is 15.6. The lowest BCUT2D eigenvalue weighted by Crippen LogP contribution is -1.88. The van der Waals surface area contributed by atoms with E-state index in [1.54, 1.807) is 7.11 Å². The Morgan fingerprint density at radius 3 is 2.54 bits per heavy atom. The van der Waals surface area contributed by atoms with Crippen LogP contribution in [0.2, 0.25) is 0 Å². The molecule has 0 radical (unpaired) electrons. The van der Waals surface area contributed by atoms with Crippen LogP contribution in [-0.2, 0) is 4.74 Å². The second-order valence-corrected chi connectivity index (χ2v) is 2.97. The zero-order valence-corrected chi connectivity index (χ0v) is 7.62. The zero-order valence-electron chi connectivity index (χ0n) is 7.62. The summed E-state index contributed by atoms with van der Waals surface area (Å²) >= 11 is 0. The first-order chi connectivity index (χ1) is 6.40. The van der Waals surface area contributed by atoms with Gasteiger partial charge in [-0.05, 0) is 23.3 Å². The molecule has 0 amide bonds. The maximum absolute atomic E-state index is 5.24. The van der Waals surface area contributed by atoms with Crippen molar-refractivity contribution in [2.45, 2.75) is 0 Å². The summed E-state index contributed by atoms with van der Waals surface area (Å²) in [6.45, 7) is 1.47. The Hall–Kier alpha value is -1.28. The molecule has 2 nitrogen and oxygen atoms in total. The second kappa shape index (κ2) is 3.62. The first-order valence-corrected chi connectivity index (χ1v) is 4.31. The van der Waals surface area contributed by atoms with Crippen LogP contribution in [0.3, 0.4) is 0 Å². The third-order valence-corrected chi connectivity index (χ3v) is 2.17. The van der Waals surface area contributed by atoms with Crippen molar-refractivity contribution in [3.63, 3.8) is 0 Å². The molecule has 0 spiro atoms. The fraction of sp³-hybridized carbons (Fsp3) is 0.273. The predicted molar refractivity (Wildman–Crippen MR) is 51.8 cm³/mol. The van der Waals surface area contributed by atoms with Gasteiger partial charge >= 0.3 is 0 Å². The van der Waals surface area contributed by atoms with Gasteiger partial charge in [-0.15, -0.1) is 0 Å². The van der Waals surface area contributed by atoms with E-state index in [1.807, 2.05) is 12.1 Å². The maximum atomic E-state index is 5.24. The summed E-state index contributed by atoms with van der Waals surface area (Å²) in [7, 11) is 1.67. The van der Waals surface area contributed by atoms with Crippen molar-refractivity contribution in [2.75, 3.05) is 20.3 Å². The van der Waals surface area contributed by atoms with Crippen molar-refractivity contribution in [1.29, 1.82) is 0 Å². The van der Waals surface area contributed by atoms with E-state index in [0.29, 0.717) is 0 Å². The fourth-order valence-corrected chi connectivity index (χ4v) is 1.39. The SMILES string of the molecule is COc1ccc(C2=CCOC2)cc1. The van der Waals surface area contributed by atoms with E-state index < -0.39 is 0 Å². The van der Waals surface area contributed by atoms with E-state index in [1.165, 1.54) is 11.1 Å². The Bertz CT molecular complexity index is 311. The van der Waals surface area contributed by atoms with Crippen LogP contribution in [0, 0.1) is 0 Å². The number of rotatable bonds is 2. The Labute approximate surface area is 77.8 Å². The van der Waals surface area contributed by atoms with Crippen LogP contribution in [0.15, 0.2) is 30.3 Å². The van der Waals surface area contributed by atoms with E-state index in [-0.39, 0.29) is 0 Å². The summed E-state index contributed by atoms with van der Waals surface area (Å²) in [5.74, 6) is 0.892. The number of hydrogen-bond acceptors (Lipinski definition) is 2. The van der Waals surface area contributed by atoms with Gasteiger partial charge in [-0.3, -0.25) is 0 Å². The number of benzene rings is 1. The third-order valence-electron chi connectivity index (χ3n) is 2.17. The van der Waals surface area contributed by atoms with Crippen LogP contribution in [-0.4, -0.2) is 20.3 Å². The smallest absolute Gasteiger partial charge is 0.118 e. The highest BCUT2D eigenvalue weighted by Crippen LogP contribution is 2.21. The molecule has 0 unspecified atom stereocenters. The third kappa shape index (κ3) is 1.73. The minimum atomic E-state index is 0.729. The van der Waals surface area contributed by atoms with Gasteiger partial charge in [0.05, 0.1) is 20.3 Å². The summed E-state index contributed by atoms with van der Waals surface area (Å²) in [5, 5.41) is 0. The maximum Gasteiger partial charge on any atom is 0.118 e. The topological polar surface area (TPSA) is 18.5 Å². The molecular formula is C11H12O2. The van der Waals surface area contributed by atoms with Gasteiger partial charge in [-0.1, -0.05) is 18.2 Å². The Kier molecular flexibility index (Phi) is 2.32. The van der Waals surface area contributed by atoms with E-state index in [9.17, 15) is 0 Å². The largest absolute Gasteiger partial charge is 0.497 e. The van der Waals surface area contributed by atoms with Crippen molar-refractivity contribution >= 4 is 5.57 Å². The molecule has 1 heterocycles. The lowest BCUT2D eigenvalue weighted by Gasteiger charge is -2.03. The van der Waals surface area contributed by atoms with Crippen LogP contribution in [0.1, 0.15) is 5.56 Å².